The van der Waals surface area contributed by atoms with Crippen LogP contribution in [0.5, 0.6) is 0 Å². The van der Waals surface area contributed by atoms with Gasteiger partial charge >= 0.3 is 0 Å². The molecule has 1 unspecified atom stereocenters. The van der Waals surface area contributed by atoms with Crippen LogP contribution in [-0.2, 0) is 14.8 Å². The molecule has 0 amide bonds. The van der Waals surface area contributed by atoms with Gasteiger partial charge in [-0.2, -0.15) is 4.31 Å². The molecule has 0 aliphatic carbocycles. The van der Waals surface area contributed by atoms with E-state index in [-0.39, 0.29) is 13.1 Å². The number of morpholine rings is 1. The largest absolute Gasteiger partial charge is 0.378 e. The molecule has 4 heterocycles. The highest BCUT2D eigenvalue weighted by Crippen LogP contribution is 2.37. The number of fused-ring (bicyclic) bond motifs is 1. The lowest BCUT2D eigenvalue weighted by Gasteiger charge is -2.37. The fourth-order valence-electron chi connectivity index (χ4n) is 5.88. The zero-order valence-electron chi connectivity index (χ0n) is 24.4. The van der Waals surface area contributed by atoms with Crippen molar-refractivity contribution in [1.82, 2.24) is 14.3 Å². The molecule has 12 heteroatoms. The number of benzene rings is 2. The van der Waals surface area contributed by atoms with E-state index in [4.69, 9.17) is 9.72 Å². The minimum Gasteiger partial charge on any atom is -0.378 e. The van der Waals surface area contributed by atoms with E-state index in [1.807, 2.05) is 17.9 Å². The molecule has 0 bridgehead atoms. The third-order valence-corrected chi connectivity index (χ3v) is 10.3. The van der Waals surface area contributed by atoms with E-state index in [0.717, 1.165) is 24.3 Å². The van der Waals surface area contributed by atoms with E-state index in [2.05, 4.69) is 21.8 Å². The van der Waals surface area contributed by atoms with Crippen molar-refractivity contribution in [3.63, 3.8) is 0 Å². The van der Waals surface area contributed by atoms with Gasteiger partial charge in [-0.05, 0) is 42.8 Å². The van der Waals surface area contributed by atoms with Crippen LogP contribution < -0.4 is 15.1 Å². The molecule has 2 fully saturated rings. The van der Waals surface area contributed by atoms with Crippen molar-refractivity contribution < 1.29 is 21.9 Å². The third kappa shape index (κ3) is 5.84. The first-order valence-electron chi connectivity index (χ1n) is 14.5. The van der Waals surface area contributed by atoms with Crippen LogP contribution in [0.2, 0.25) is 0 Å². The monoisotopic (exact) mass is 620 g/mol. The zero-order valence-corrected chi connectivity index (χ0v) is 25.2. The van der Waals surface area contributed by atoms with Crippen LogP contribution in [0.15, 0.2) is 73.6 Å². The average molecular weight is 621 g/mol. The Morgan fingerprint density at radius 2 is 1.73 bits per heavy atom. The summed E-state index contributed by atoms with van der Waals surface area (Å²) in [5.74, 6) is -0.254. The normalized spacial score (nSPS) is 17.1. The Morgan fingerprint density at radius 1 is 0.977 bits per heavy atom. The summed E-state index contributed by atoms with van der Waals surface area (Å²) in [5.41, 5.74) is 3.79. The molecule has 4 aromatic rings. The standard InChI is InChI=1S/C32H34F2N6O3S/c1-3-29(23-6-4-7-24(33)18-23)44(41,42)40-12-10-39(11-13-40)32-22(2)31(30-27(34)8-5-9-28(30)37-32)36-25-19-26(21-35-20-25)38-14-16-43-17-15-38/h3-9,18-21,29H,1,10-17H2,2H3,(H,36,37). The maximum Gasteiger partial charge on any atom is 0.224 e. The van der Waals surface area contributed by atoms with Crippen LogP contribution in [0.25, 0.3) is 10.9 Å². The zero-order chi connectivity index (χ0) is 30.8. The van der Waals surface area contributed by atoms with Crippen molar-refractivity contribution in [2.45, 2.75) is 12.2 Å². The maximum atomic E-state index is 15.3. The number of hydrogen-bond donors (Lipinski definition) is 1. The van der Waals surface area contributed by atoms with Gasteiger partial charge in [-0.25, -0.2) is 22.2 Å². The second kappa shape index (κ2) is 12.5. The molecule has 2 aliphatic heterocycles. The molecule has 230 valence electrons. The number of hydrogen-bond acceptors (Lipinski definition) is 8. The van der Waals surface area contributed by atoms with Crippen molar-refractivity contribution in [3.05, 3.63) is 96.3 Å². The number of nitrogens with zero attached hydrogens (tertiary/aromatic N) is 5. The Bertz CT molecular complexity index is 1790. The van der Waals surface area contributed by atoms with E-state index in [0.29, 0.717) is 60.0 Å². The van der Waals surface area contributed by atoms with E-state index in [1.165, 1.54) is 34.6 Å². The predicted molar refractivity (Wildman–Crippen MR) is 169 cm³/mol. The summed E-state index contributed by atoms with van der Waals surface area (Å²) in [6.07, 6.45) is 4.84. The molecule has 2 aromatic heterocycles. The predicted octanol–water partition coefficient (Wildman–Crippen LogP) is 5.18. The molecule has 2 aromatic carbocycles. The summed E-state index contributed by atoms with van der Waals surface area (Å²) in [4.78, 5) is 13.5. The average Bonchev–Trinajstić information content (AvgIpc) is 3.03. The Hall–Kier alpha value is -4.13. The van der Waals surface area contributed by atoms with Crippen LogP contribution in [0.1, 0.15) is 16.4 Å². The maximum absolute atomic E-state index is 15.3. The van der Waals surface area contributed by atoms with Gasteiger partial charge in [-0.1, -0.05) is 24.3 Å². The Labute approximate surface area is 255 Å². The molecule has 0 spiro atoms. The van der Waals surface area contributed by atoms with Gasteiger partial charge in [-0.3, -0.25) is 4.98 Å². The van der Waals surface area contributed by atoms with E-state index < -0.39 is 26.9 Å². The van der Waals surface area contributed by atoms with Gasteiger partial charge < -0.3 is 19.9 Å². The number of sulfonamides is 1. The quantitative estimate of drug-likeness (QED) is 0.270. The van der Waals surface area contributed by atoms with E-state index in [9.17, 15) is 12.8 Å². The van der Waals surface area contributed by atoms with Crippen LogP contribution in [0.3, 0.4) is 0 Å². The lowest BCUT2D eigenvalue weighted by Crippen LogP contribution is -2.50. The molecular formula is C32H34F2N6O3S. The molecule has 2 saturated heterocycles. The highest BCUT2D eigenvalue weighted by molar-refractivity contribution is 7.89. The number of nitrogens with one attached hydrogen (secondary N) is 1. The molecule has 2 aliphatic rings. The second-order valence-electron chi connectivity index (χ2n) is 10.9. The number of ether oxygens (including phenoxy) is 1. The van der Waals surface area contributed by atoms with Gasteiger partial charge in [0.15, 0.2) is 0 Å². The summed E-state index contributed by atoms with van der Waals surface area (Å²) >= 11 is 0. The minimum atomic E-state index is -3.84. The minimum absolute atomic E-state index is 0.207. The molecule has 1 atom stereocenters. The molecule has 0 saturated carbocycles. The van der Waals surface area contributed by atoms with Gasteiger partial charge in [0.2, 0.25) is 10.0 Å². The number of aromatic nitrogens is 2. The number of piperazine rings is 1. The van der Waals surface area contributed by atoms with Crippen LogP contribution in [0, 0.1) is 18.6 Å². The molecular weight excluding hydrogens is 586 g/mol. The number of anilines is 4. The molecule has 9 nitrogen and oxygen atoms in total. The smallest absolute Gasteiger partial charge is 0.224 e. The molecule has 6 rings (SSSR count). The highest BCUT2D eigenvalue weighted by atomic mass is 32.2. The number of halogens is 2. The SMILES string of the molecule is C=CC(c1cccc(F)c1)S(=O)(=O)N1CCN(c2nc3cccc(F)c3c(Nc3cncc(N4CCOCC4)c3)c2C)CC1. The van der Waals surface area contributed by atoms with Crippen molar-refractivity contribution in [3.8, 4) is 0 Å². The van der Waals surface area contributed by atoms with Crippen LogP contribution in [0.4, 0.5) is 31.7 Å². The summed E-state index contributed by atoms with van der Waals surface area (Å²) in [7, 11) is -3.84. The fourth-order valence-corrected chi connectivity index (χ4v) is 7.61. The Balaban J connectivity index is 1.28. The first kappa shape index (κ1) is 29.9. The first-order chi connectivity index (χ1) is 21.3. The van der Waals surface area contributed by atoms with E-state index in [1.54, 1.807) is 30.6 Å². The molecule has 44 heavy (non-hydrogen) atoms. The Kier molecular flexibility index (Phi) is 8.48. The number of pyridine rings is 2. The van der Waals surface area contributed by atoms with Crippen LogP contribution in [-0.4, -0.2) is 75.2 Å². The van der Waals surface area contributed by atoms with E-state index >= 15 is 4.39 Å². The van der Waals surface area contributed by atoms with Crippen molar-refractivity contribution in [2.75, 3.05) is 67.6 Å². The molecule has 1 N–H and O–H groups in total. The fraction of sp³-hybridized carbons (Fsp3) is 0.312. The number of rotatable bonds is 8. The lowest BCUT2D eigenvalue weighted by atomic mass is 10.1. The van der Waals surface area contributed by atoms with Crippen molar-refractivity contribution in [2.24, 2.45) is 0 Å². The van der Waals surface area contributed by atoms with Gasteiger partial charge in [-0.15, -0.1) is 6.58 Å². The van der Waals surface area contributed by atoms with Crippen molar-refractivity contribution in [1.29, 1.82) is 0 Å². The highest BCUT2D eigenvalue weighted by Gasteiger charge is 2.34. The molecule has 0 radical (unpaired) electrons. The topological polar surface area (TPSA) is 90.9 Å². The summed E-state index contributed by atoms with van der Waals surface area (Å²) in [5, 5.41) is 2.73. The second-order valence-corrected chi connectivity index (χ2v) is 12.9. The summed E-state index contributed by atoms with van der Waals surface area (Å²) in [6.45, 7) is 9.57. The van der Waals surface area contributed by atoms with Gasteiger partial charge in [0.1, 0.15) is 22.7 Å². The van der Waals surface area contributed by atoms with Gasteiger partial charge in [0.05, 0.1) is 53.6 Å². The van der Waals surface area contributed by atoms with Gasteiger partial charge in [0.25, 0.3) is 0 Å². The first-order valence-corrected chi connectivity index (χ1v) is 16.0. The van der Waals surface area contributed by atoms with Crippen LogP contribution >= 0.6 is 0 Å². The van der Waals surface area contributed by atoms with Crippen molar-refractivity contribution >= 4 is 43.8 Å². The van der Waals surface area contributed by atoms with Gasteiger partial charge in [0, 0.05) is 44.8 Å². The Morgan fingerprint density at radius 3 is 2.45 bits per heavy atom. The lowest BCUT2D eigenvalue weighted by molar-refractivity contribution is 0.122. The third-order valence-electron chi connectivity index (χ3n) is 8.16. The summed E-state index contributed by atoms with van der Waals surface area (Å²) < 4.78 is 63.2. The summed E-state index contributed by atoms with van der Waals surface area (Å²) in [6, 6.07) is 12.4.